The van der Waals surface area contributed by atoms with Gasteiger partial charge in [0, 0.05) is 12.2 Å². The molecule has 0 aliphatic rings. The minimum Gasteiger partial charge on any atom is -0.481 e. The van der Waals surface area contributed by atoms with E-state index in [4.69, 9.17) is 10.2 Å². The van der Waals surface area contributed by atoms with Crippen LogP contribution in [0, 0.1) is 0 Å². The average Bonchev–Trinajstić information content (AvgIpc) is 2.56. The van der Waals surface area contributed by atoms with Gasteiger partial charge in [-0.05, 0) is 12.1 Å². The lowest BCUT2D eigenvalue weighted by atomic mass is 10.4. The van der Waals surface area contributed by atoms with Crippen molar-refractivity contribution in [2.75, 3.05) is 0 Å². The lowest BCUT2D eigenvalue weighted by Crippen LogP contribution is -2.10. The maximum atomic E-state index is 10.6. The van der Waals surface area contributed by atoms with Gasteiger partial charge < -0.3 is 14.8 Å². The van der Waals surface area contributed by atoms with Crippen molar-refractivity contribution in [1.82, 2.24) is 4.57 Å². The van der Waals surface area contributed by atoms with Gasteiger partial charge in [0.15, 0.2) is 6.29 Å². The summed E-state index contributed by atoms with van der Waals surface area (Å²) in [4.78, 5) is 20.9. The van der Waals surface area contributed by atoms with Gasteiger partial charge in [0.05, 0.1) is 18.7 Å². The Balaban J connectivity index is 2.85. The molecule has 0 atom stereocenters. The van der Waals surface area contributed by atoms with E-state index in [2.05, 4.69) is 0 Å². The first kappa shape index (κ1) is 10.5. The summed E-state index contributed by atoms with van der Waals surface area (Å²) in [6.07, 6.45) is 0.573. The van der Waals surface area contributed by atoms with Gasteiger partial charge in [-0.2, -0.15) is 0 Å². The van der Waals surface area contributed by atoms with Gasteiger partial charge in [-0.3, -0.25) is 9.59 Å². The fourth-order valence-electron chi connectivity index (χ4n) is 1.25. The van der Waals surface area contributed by atoms with Crippen LogP contribution in [-0.4, -0.2) is 27.0 Å². The molecule has 1 rings (SSSR count). The minimum absolute atomic E-state index is 0.0669. The van der Waals surface area contributed by atoms with E-state index < -0.39 is 5.97 Å². The second-order valence-corrected chi connectivity index (χ2v) is 2.82. The average molecular weight is 197 g/mol. The number of hydrogen-bond acceptors (Lipinski definition) is 3. The van der Waals surface area contributed by atoms with Crippen molar-refractivity contribution in [3.05, 3.63) is 23.5 Å². The van der Waals surface area contributed by atoms with Crippen molar-refractivity contribution >= 4 is 12.3 Å². The maximum Gasteiger partial charge on any atom is 0.305 e. The van der Waals surface area contributed by atoms with Crippen molar-refractivity contribution < 1.29 is 19.8 Å². The standard InChI is InChI=1S/C9H11NO4/c11-5-7-1-2-8(6-12)10(7)4-3-9(13)14/h1-2,5,12H,3-4,6H2,(H,13,14). The van der Waals surface area contributed by atoms with Crippen LogP contribution in [0.25, 0.3) is 0 Å². The van der Waals surface area contributed by atoms with E-state index in [9.17, 15) is 9.59 Å². The number of aliphatic hydroxyl groups excluding tert-OH is 1. The highest BCUT2D eigenvalue weighted by molar-refractivity contribution is 5.73. The molecule has 0 aliphatic heterocycles. The molecule has 0 fully saturated rings. The molecule has 5 nitrogen and oxygen atoms in total. The van der Waals surface area contributed by atoms with Crippen LogP contribution in [0.3, 0.4) is 0 Å². The lowest BCUT2D eigenvalue weighted by Gasteiger charge is -2.07. The molecular formula is C9H11NO4. The van der Waals surface area contributed by atoms with Crippen LogP contribution >= 0.6 is 0 Å². The van der Waals surface area contributed by atoms with E-state index >= 15 is 0 Å². The van der Waals surface area contributed by atoms with E-state index in [1.54, 1.807) is 12.1 Å². The Morgan fingerprint density at radius 1 is 1.50 bits per heavy atom. The monoisotopic (exact) mass is 197 g/mol. The number of carboxylic acid groups (broad SMARTS) is 1. The van der Waals surface area contributed by atoms with Crippen molar-refractivity contribution in [3.63, 3.8) is 0 Å². The molecule has 76 valence electrons. The number of aldehydes is 1. The summed E-state index contributed by atoms with van der Waals surface area (Å²) in [6.45, 7) is -0.000239. The van der Waals surface area contributed by atoms with E-state index in [0.717, 1.165) is 0 Å². The smallest absolute Gasteiger partial charge is 0.305 e. The van der Waals surface area contributed by atoms with Crippen molar-refractivity contribution in [1.29, 1.82) is 0 Å². The quantitative estimate of drug-likeness (QED) is 0.664. The molecule has 5 heteroatoms. The van der Waals surface area contributed by atoms with Crippen molar-refractivity contribution in [2.45, 2.75) is 19.6 Å². The van der Waals surface area contributed by atoms with Gasteiger partial charge in [-0.1, -0.05) is 0 Å². The number of aromatic nitrogens is 1. The lowest BCUT2D eigenvalue weighted by molar-refractivity contribution is -0.137. The molecule has 0 aromatic carbocycles. The highest BCUT2D eigenvalue weighted by atomic mass is 16.4. The van der Waals surface area contributed by atoms with E-state index in [1.165, 1.54) is 4.57 Å². The minimum atomic E-state index is -0.931. The van der Waals surface area contributed by atoms with Crippen molar-refractivity contribution in [2.24, 2.45) is 0 Å². The molecule has 0 saturated heterocycles. The predicted octanol–water partition coefficient (Wildman–Crippen LogP) is 0.268. The van der Waals surface area contributed by atoms with Crippen LogP contribution in [0.4, 0.5) is 0 Å². The SMILES string of the molecule is O=Cc1ccc(CO)n1CCC(=O)O. The fraction of sp³-hybridized carbons (Fsp3) is 0.333. The summed E-state index contributed by atoms with van der Waals surface area (Å²) in [6, 6.07) is 3.16. The second kappa shape index (κ2) is 4.57. The zero-order valence-electron chi connectivity index (χ0n) is 7.51. The number of aliphatic carboxylic acids is 1. The van der Waals surface area contributed by atoms with Gasteiger partial charge in [-0.15, -0.1) is 0 Å². The van der Waals surface area contributed by atoms with Crippen LogP contribution in [0.5, 0.6) is 0 Å². The molecular weight excluding hydrogens is 186 g/mol. The molecule has 2 N–H and O–H groups in total. The Bertz CT molecular complexity index is 343. The topological polar surface area (TPSA) is 79.5 Å². The van der Waals surface area contributed by atoms with Gasteiger partial charge in [-0.25, -0.2) is 0 Å². The molecule has 0 spiro atoms. The Morgan fingerprint density at radius 3 is 2.71 bits per heavy atom. The van der Waals surface area contributed by atoms with Gasteiger partial charge >= 0.3 is 5.97 Å². The first-order valence-corrected chi connectivity index (χ1v) is 4.15. The third-order valence-electron chi connectivity index (χ3n) is 1.94. The number of aliphatic hydroxyl groups is 1. The first-order chi connectivity index (χ1) is 6.69. The molecule has 0 saturated carbocycles. The van der Waals surface area contributed by atoms with Crippen LogP contribution in [-0.2, 0) is 17.9 Å². The van der Waals surface area contributed by atoms with Crippen molar-refractivity contribution in [3.8, 4) is 0 Å². The predicted molar refractivity (Wildman–Crippen MR) is 48.0 cm³/mol. The molecule has 0 bridgehead atoms. The molecule has 1 heterocycles. The first-order valence-electron chi connectivity index (χ1n) is 4.15. The number of hydrogen-bond donors (Lipinski definition) is 2. The molecule has 0 unspecified atom stereocenters. The highest BCUT2D eigenvalue weighted by Gasteiger charge is 2.07. The van der Waals surface area contributed by atoms with E-state index in [1.807, 2.05) is 0 Å². The third-order valence-corrected chi connectivity index (χ3v) is 1.94. The van der Waals surface area contributed by atoms with E-state index in [-0.39, 0.29) is 19.6 Å². The van der Waals surface area contributed by atoms with Crippen LogP contribution in [0.15, 0.2) is 12.1 Å². The highest BCUT2D eigenvalue weighted by Crippen LogP contribution is 2.08. The number of carbonyl (C=O) groups is 2. The summed E-state index contributed by atoms with van der Waals surface area (Å²) < 4.78 is 1.50. The summed E-state index contributed by atoms with van der Waals surface area (Å²) in [5, 5.41) is 17.4. The summed E-state index contributed by atoms with van der Waals surface area (Å²) >= 11 is 0. The van der Waals surface area contributed by atoms with Crippen LogP contribution in [0.2, 0.25) is 0 Å². The number of carboxylic acids is 1. The largest absolute Gasteiger partial charge is 0.481 e. The summed E-state index contributed by atoms with van der Waals surface area (Å²) in [5.74, 6) is -0.931. The van der Waals surface area contributed by atoms with Gasteiger partial charge in [0.25, 0.3) is 0 Å². The Kier molecular flexibility index (Phi) is 3.41. The Morgan fingerprint density at radius 2 is 2.21 bits per heavy atom. The normalized spacial score (nSPS) is 10.1. The molecule has 14 heavy (non-hydrogen) atoms. The second-order valence-electron chi connectivity index (χ2n) is 2.82. The van der Waals surface area contributed by atoms with Gasteiger partial charge in [0.1, 0.15) is 0 Å². The number of nitrogens with zero attached hydrogens (tertiary/aromatic N) is 1. The summed E-state index contributed by atoms with van der Waals surface area (Å²) in [5.41, 5.74) is 0.934. The van der Waals surface area contributed by atoms with Gasteiger partial charge in [0.2, 0.25) is 0 Å². The molecule has 1 aromatic rings. The summed E-state index contributed by atoms with van der Waals surface area (Å²) in [7, 11) is 0. The zero-order valence-corrected chi connectivity index (χ0v) is 7.51. The molecule has 0 radical (unpaired) electrons. The molecule has 1 aromatic heterocycles. The zero-order chi connectivity index (χ0) is 10.6. The Labute approximate surface area is 80.6 Å². The number of rotatable bonds is 5. The van der Waals surface area contributed by atoms with Crippen LogP contribution in [0.1, 0.15) is 22.6 Å². The molecule has 0 amide bonds. The Hall–Kier alpha value is -1.62. The molecule has 0 aliphatic carbocycles. The maximum absolute atomic E-state index is 10.6. The third kappa shape index (κ3) is 2.20. The van der Waals surface area contributed by atoms with E-state index in [0.29, 0.717) is 17.7 Å². The number of carbonyl (C=O) groups excluding carboxylic acids is 1. The van der Waals surface area contributed by atoms with Crippen LogP contribution < -0.4 is 0 Å². The fourth-order valence-corrected chi connectivity index (χ4v) is 1.25.